The van der Waals surface area contributed by atoms with Gasteiger partial charge < -0.3 is 15.0 Å². The molecular formula is C22H27N5OS. The van der Waals surface area contributed by atoms with Gasteiger partial charge in [0.05, 0.1) is 12.8 Å². The summed E-state index contributed by atoms with van der Waals surface area (Å²) in [5.74, 6) is 1.82. The topological polar surface area (TPSA) is 67.2 Å². The van der Waals surface area contributed by atoms with E-state index in [-0.39, 0.29) is 0 Å². The number of nitrogens with one attached hydrogen (secondary N) is 2. The Kier molecular flexibility index (Phi) is 4.59. The van der Waals surface area contributed by atoms with Crippen LogP contribution >= 0.6 is 11.3 Å². The number of H-pyrrole nitrogens is 1. The van der Waals surface area contributed by atoms with E-state index in [2.05, 4.69) is 47.2 Å². The van der Waals surface area contributed by atoms with Gasteiger partial charge in [-0.2, -0.15) is 5.10 Å². The molecule has 0 unspecified atom stereocenters. The fraction of sp³-hybridized carbons (Fsp3) is 0.455. The largest absolute Gasteiger partial charge is 0.493 e. The van der Waals surface area contributed by atoms with Gasteiger partial charge >= 0.3 is 0 Å². The lowest BCUT2D eigenvalue weighted by atomic mass is 9.91. The lowest BCUT2D eigenvalue weighted by molar-refractivity contribution is 0.416. The smallest absolute Gasteiger partial charge is 0.197 e. The van der Waals surface area contributed by atoms with Crippen molar-refractivity contribution in [2.45, 2.75) is 45.4 Å². The van der Waals surface area contributed by atoms with Crippen molar-refractivity contribution in [3.63, 3.8) is 0 Å². The first-order chi connectivity index (χ1) is 14.1. The highest BCUT2D eigenvalue weighted by Gasteiger charge is 2.26. The Morgan fingerprint density at radius 3 is 2.79 bits per heavy atom. The molecule has 0 atom stereocenters. The summed E-state index contributed by atoms with van der Waals surface area (Å²) in [7, 11) is 1.68. The zero-order chi connectivity index (χ0) is 20.1. The first kappa shape index (κ1) is 18.6. The Hall–Kier alpha value is -2.38. The zero-order valence-corrected chi connectivity index (χ0v) is 18.2. The first-order valence-electron chi connectivity index (χ1n) is 10.3. The van der Waals surface area contributed by atoms with Gasteiger partial charge in [0.2, 0.25) is 0 Å². The Labute approximate surface area is 174 Å². The second-order valence-electron chi connectivity index (χ2n) is 8.21. The van der Waals surface area contributed by atoms with Crippen LogP contribution in [0.25, 0.3) is 27.1 Å². The molecule has 7 heteroatoms. The van der Waals surface area contributed by atoms with Crippen molar-refractivity contribution in [3.05, 3.63) is 34.6 Å². The summed E-state index contributed by atoms with van der Waals surface area (Å²) in [6.07, 6.45) is 6.06. The molecule has 1 saturated heterocycles. The van der Waals surface area contributed by atoms with Crippen molar-refractivity contribution in [3.8, 4) is 17.0 Å². The molecule has 0 bridgehead atoms. The van der Waals surface area contributed by atoms with Crippen LogP contribution in [-0.4, -0.2) is 39.8 Å². The van der Waals surface area contributed by atoms with E-state index in [4.69, 9.17) is 4.74 Å². The van der Waals surface area contributed by atoms with Gasteiger partial charge in [-0.25, -0.2) is 9.50 Å². The van der Waals surface area contributed by atoms with Crippen molar-refractivity contribution in [1.82, 2.24) is 24.9 Å². The summed E-state index contributed by atoms with van der Waals surface area (Å²) >= 11 is 1.94. The minimum atomic E-state index is 0.408. The maximum atomic E-state index is 5.59. The molecule has 1 aliphatic heterocycles. The molecule has 5 rings (SSSR count). The van der Waals surface area contributed by atoms with E-state index in [1.165, 1.54) is 34.2 Å². The van der Waals surface area contributed by atoms with Crippen LogP contribution in [0.1, 0.15) is 54.5 Å². The molecule has 1 aliphatic rings. The highest BCUT2D eigenvalue weighted by Crippen LogP contribution is 2.45. The number of hydrogen-bond acceptors (Lipinski definition) is 5. The number of aryl methyl sites for hydroxylation is 1. The standard InChI is InChI=1S/C22H27N5OS/c1-12(2)17-18-13(3)20(14-5-7-23-8-6-14)29-22(18)26-19(17)15-9-16(28-4)21-24-11-25-27(21)10-15/h9-12,14,23,26H,5-8H2,1-4H3. The molecule has 2 N–H and O–H groups in total. The van der Waals surface area contributed by atoms with Crippen molar-refractivity contribution in [1.29, 1.82) is 0 Å². The Morgan fingerprint density at radius 2 is 2.07 bits per heavy atom. The van der Waals surface area contributed by atoms with Gasteiger partial charge in [0.1, 0.15) is 11.2 Å². The average Bonchev–Trinajstić information content (AvgIpc) is 3.42. The molecule has 0 radical (unpaired) electrons. The number of aromatic nitrogens is 4. The maximum Gasteiger partial charge on any atom is 0.197 e. The number of methoxy groups -OCH3 is 1. The van der Waals surface area contributed by atoms with Crippen molar-refractivity contribution >= 4 is 27.2 Å². The van der Waals surface area contributed by atoms with Gasteiger partial charge in [-0.15, -0.1) is 11.3 Å². The van der Waals surface area contributed by atoms with Crippen molar-refractivity contribution < 1.29 is 4.74 Å². The molecule has 0 saturated carbocycles. The van der Waals surface area contributed by atoms with Crippen LogP contribution in [0.5, 0.6) is 5.75 Å². The lowest BCUT2D eigenvalue weighted by Gasteiger charge is -2.22. The number of nitrogens with zero attached hydrogens (tertiary/aromatic N) is 3. The Bertz CT molecular complexity index is 1180. The van der Waals surface area contributed by atoms with Crippen LogP contribution in [0, 0.1) is 6.92 Å². The Morgan fingerprint density at radius 1 is 1.28 bits per heavy atom. The van der Waals surface area contributed by atoms with E-state index < -0.39 is 0 Å². The van der Waals surface area contributed by atoms with E-state index in [0.717, 1.165) is 35.7 Å². The average molecular weight is 410 g/mol. The summed E-state index contributed by atoms with van der Waals surface area (Å²) in [6.45, 7) is 9.10. The van der Waals surface area contributed by atoms with Gasteiger partial charge in [-0.1, -0.05) is 13.8 Å². The van der Waals surface area contributed by atoms with Crippen LogP contribution < -0.4 is 10.1 Å². The first-order valence-corrected chi connectivity index (χ1v) is 11.1. The fourth-order valence-corrected chi connectivity index (χ4v) is 6.11. The fourth-order valence-electron chi connectivity index (χ4n) is 4.71. The third kappa shape index (κ3) is 2.95. The highest BCUT2D eigenvalue weighted by molar-refractivity contribution is 7.19. The van der Waals surface area contributed by atoms with Crippen molar-refractivity contribution in [2.75, 3.05) is 20.2 Å². The van der Waals surface area contributed by atoms with Gasteiger partial charge in [0, 0.05) is 22.0 Å². The molecule has 0 amide bonds. The summed E-state index contributed by atoms with van der Waals surface area (Å²) < 4.78 is 7.38. The third-order valence-electron chi connectivity index (χ3n) is 6.10. The number of rotatable bonds is 4. The SMILES string of the molecule is COc1cc(-c2[nH]c3sc(C4CCNCC4)c(C)c3c2C(C)C)cn2ncnc12. The lowest BCUT2D eigenvalue weighted by Crippen LogP contribution is -2.26. The zero-order valence-electron chi connectivity index (χ0n) is 17.4. The number of pyridine rings is 1. The van der Waals surface area contributed by atoms with Crippen LogP contribution in [-0.2, 0) is 0 Å². The van der Waals surface area contributed by atoms with Gasteiger partial charge in [0.25, 0.3) is 0 Å². The molecule has 5 heterocycles. The molecule has 152 valence electrons. The molecule has 0 aliphatic carbocycles. The number of ether oxygens (including phenoxy) is 1. The molecule has 4 aromatic rings. The van der Waals surface area contributed by atoms with E-state index in [1.807, 2.05) is 17.5 Å². The van der Waals surface area contributed by atoms with E-state index in [1.54, 1.807) is 22.8 Å². The molecular weight excluding hydrogens is 382 g/mol. The summed E-state index contributed by atoms with van der Waals surface area (Å²) in [6, 6.07) is 2.06. The number of aromatic amines is 1. The number of thiophene rings is 1. The number of fused-ring (bicyclic) bond motifs is 2. The summed E-state index contributed by atoms with van der Waals surface area (Å²) in [5.41, 5.74) is 5.82. The van der Waals surface area contributed by atoms with Crippen LogP contribution in [0.15, 0.2) is 18.6 Å². The second-order valence-corrected chi connectivity index (χ2v) is 9.27. The maximum absolute atomic E-state index is 5.59. The monoisotopic (exact) mass is 409 g/mol. The van der Waals surface area contributed by atoms with E-state index >= 15 is 0 Å². The van der Waals surface area contributed by atoms with E-state index in [0.29, 0.717) is 11.8 Å². The molecule has 1 fully saturated rings. The summed E-state index contributed by atoms with van der Waals surface area (Å²) in [5, 5.41) is 9.23. The third-order valence-corrected chi connectivity index (χ3v) is 7.47. The molecule has 0 spiro atoms. The minimum absolute atomic E-state index is 0.408. The molecule has 29 heavy (non-hydrogen) atoms. The molecule has 4 aromatic heterocycles. The van der Waals surface area contributed by atoms with Crippen molar-refractivity contribution in [2.24, 2.45) is 0 Å². The predicted octanol–water partition coefficient (Wildman–Crippen LogP) is 4.85. The van der Waals surface area contributed by atoms with Crippen LogP contribution in [0.4, 0.5) is 0 Å². The van der Waals surface area contributed by atoms with Gasteiger partial charge in [-0.05, 0) is 61.9 Å². The van der Waals surface area contributed by atoms with Gasteiger partial charge in [-0.3, -0.25) is 0 Å². The summed E-state index contributed by atoms with van der Waals surface area (Å²) in [4.78, 5) is 10.9. The number of hydrogen-bond donors (Lipinski definition) is 2. The highest BCUT2D eigenvalue weighted by atomic mass is 32.1. The predicted molar refractivity (Wildman–Crippen MR) is 118 cm³/mol. The molecule has 6 nitrogen and oxygen atoms in total. The quantitative estimate of drug-likeness (QED) is 0.506. The van der Waals surface area contributed by atoms with E-state index in [9.17, 15) is 0 Å². The minimum Gasteiger partial charge on any atom is -0.493 e. The van der Waals surface area contributed by atoms with Crippen LogP contribution in [0.3, 0.4) is 0 Å². The van der Waals surface area contributed by atoms with Crippen LogP contribution in [0.2, 0.25) is 0 Å². The van der Waals surface area contributed by atoms with Gasteiger partial charge in [0.15, 0.2) is 11.4 Å². The Balaban J connectivity index is 1.70. The normalized spacial score (nSPS) is 15.8. The second kappa shape index (κ2) is 7.15. The molecule has 0 aromatic carbocycles. The number of piperidine rings is 1.